The maximum Gasteiger partial charge on any atom is 0.330 e. The molecule has 0 bridgehead atoms. The van der Waals surface area contributed by atoms with Gasteiger partial charge in [0.05, 0.1) is 6.10 Å². The number of nitrogens with zero attached hydrogens (tertiary/aromatic N) is 1. The summed E-state index contributed by atoms with van der Waals surface area (Å²) in [4.78, 5) is 23.4. The number of hydrogen-bond acceptors (Lipinski definition) is 6. The highest BCUT2D eigenvalue weighted by atomic mass is 16.6. The van der Waals surface area contributed by atoms with Gasteiger partial charge >= 0.3 is 11.9 Å². The average molecular weight is 327 g/mol. The van der Waals surface area contributed by atoms with Crippen LogP contribution in [0.1, 0.15) is 26.7 Å². The molecule has 6 nitrogen and oxygen atoms in total. The van der Waals surface area contributed by atoms with Gasteiger partial charge in [-0.1, -0.05) is 27.0 Å². The number of carbonyl (C=O) groups is 2. The largest absolute Gasteiger partial charge is 0.461 e. The van der Waals surface area contributed by atoms with Gasteiger partial charge in [0.15, 0.2) is 0 Å². The van der Waals surface area contributed by atoms with E-state index in [1.807, 2.05) is 0 Å². The molecular formula is C17H29NO5. The second-order valence-corrected chi connectivity index (χ2v) is 4.87. The zero-order valence-electron chi connectivity index (χ0n) is 14.3. The first-order chi connectivity index (χ1) is 11.1. The molecule has 1 aliphatic rings. The van der Waals surface area contributed by atoms with Gasteiger partial charge in [-0.3, -0.25) is 0 Å². The molecule has 0 spiro atoms. The van der Waals surface area contributed by atoms with Crippen LogP contribution in [0.5, 0.6) is 0 Å². The van der Waals surface area contributed by atoms with Crippen LogP contribution in [0.2, 0.25) is 0 Å². The third kappa shape index (κ3) is 11.5. The molecule has 6 heteroatoms. The fraction of sp³-hybridized carbons (Fsp3) is 0.647. The first kappa shape index (κ1) is 21.3. The van der Waals surface area contributed by atoms with Crippen molar-refractivity contribution >= 4 is 11.9 Å². The zero-order valence-corrected chi connectivity index (χ0v) is 14.3. The Hall–Kier alpha value is -1.66. The predicted molar refractivity (Wildman–Crippen MR) is 89.1 cm³/mol. The molecule has 1 atom stereocenters. The highest BCUT2D eigenvalue weighted by molar-refractivity contribution is 5.81. The Kier molecular flexibility index (Phi) is 13.0. The van der Waals surface area contributed by atoms with Gasteiger partial charge in [0.2, 0.25) is 0 Å². The molecule has 0 aromatic rings. The van der Waals surface area contributed by atoms with Crippen molar-refractivity contribution in [2.75, 3.05) is 39.5 Å². The van der Waals surface area contributed by atoms with Crippen LogP contribution in [0.15, 0.2) is 25.3 Å². The number of ether oxygens (including phenoxy) is 3. The van der Waals surface area contributed by atoms with E-state index in [-0.39, 0.29) is 18.0 Å². The first-order valence-corrected chi connectivity index (χ1v) is 7.99. The van der Waals surface area contributed by atoms with Crippen molar-refractivity contribution in [1.29, 1.82) is 0 Å². The molecule has 1 fully saturated rings. The molecule has 0 saturated carbocycles. The normalized spacial score (nSPS) is 16.2. The van der Waals surface area contributed by atoms with Gasteiger partial charge in [0, 0.05) is 25.3 Å². The number of likely N-dealkylation sites (N-methyl/N-ethyl adjacent to an activating group) is 1. The number of esters is 2. The van der Waals surface area contributed by atoms with Crippen LogP contribution in [0, 0.1) is 0 Å². The molecule has 0 N–H and O–H groups in total. The molecule has 0 amide bonds. The summed E-state index contributed by atoms with van der Waals surface area (Å²) < 4.78 is 14.9. The minimum atomic E-state index is -0.375. The molecule has 0 aromatic carbocycles. The highest BCUT2D eigenvalue weighted by Gasteiger charge is 2.16. The van der Waals surface area contributed by atoms with Crippen LogP contribution in [-0.2, 0) is 23.8 Å². The van der Waals surface area contributed by atoms with Crippen LogP contribution >= 0.6 is 0 Å². The summed E-state index contributed by atoms with van der Waals surface area (Å²) in [5.74, 6) is -0.720. The molecule has 0 aromatic heterocycles. The summed E-state index contributed by atoms with van der Waals surface area (Å²) in [5.41, 5.74) is 0. The third-order valence-electron chi connectivity index (χ3n) is 3.32. The lowest BCUT2D eigenvalue weighted by atomic mass is 10.2. The van der Waals surface area contributed by atoms with Crippen molar-refractivity contribution < 1.29 is 23.8 Å². The smallest absolute Gasteiger partial charge is 0.330 e. The van der Waals surface area contributed by atoms with Crippen molar-refractivity contribution in [3.05, 3.63) is 25.3 Å². The Balaban J connectivity index is 0.000000422. The Morgan fingerprint density at radius 2 is 1.78 bits per heavy atom. The molecule has 132 valence electrons. The average Bonchev–Trinajstić information content (AvgIpc) is 3.10. The van der Waals surface area contributed by atoms with Crippen molar-refractivity contribution in [3.8, 4) is 0 Å². The van der Waals surface area contributed by atoms with Crippen molar-refractivity contribution in [2.24, 2.45) is 0 Å². The summed E-state index contributed by atoms with van der Waals surface area (Å²) in [6.07, 6.45) is 4.51. The minimum absolute atomic E-state index is 0.110. The fourth-order valence-corrected chi connectivity index (χ4v) is 1.88. The SMILES string of the molecule is C=CC(=O)OCC1CCCO1.C=CC(=O)OCCN(CC)CC. The third-order valence-corrected chi connectivity index (χ3v) is 3.32. The molecule has 0 aliphatic carbocycles. The fourth-order valence-electron chi connectivity index (χ4n) is 1.88. The van der Waals surface area contributed by atoms with E-state index in [2.05, 4.69) is 31.9 Å². The van der Waals surface area contributed by atoms with Crippen LogP contribution in [0.25, 0.3) is 0 Å². The van der Waals surface area contributed by atoms with E-state index in [1.165, 1.54) is 6.08 Å². The van der Waals surface area contributed by atoms with Gasteiger partial charge in [0.1, 0.15) is 13.2 Å². The Morgan fingerprint density at radius 3 is 2.26 bits per heavy atom. The van der Waals surface area contributed by atoms with Crippen molar-refractivity contribution in [1.82, 2.24) is 4.90 Å². The summed E-state index contributed by atoms with van der Waals surface area (Å²) in [6.45, 7) is 15.1. The van der Waals surface area contributed by atoms with Gasteiger partial charge in [-0.25, -0.2) is 9.59 Å². The highest BCUT2D eigenvalue weighted by Crippen LogP contribution is 2.11. The van der Waals surface area contributed by atoms with Gasteiger partial charge < -0.3 is 19.1 Å². The van der Waals surface area contributed by atoms with Gasteiger partial charge in [-0.2, -0.15) is 0 Å². The van der Waals surface area contributed by atoms with Crippen molar-refractivity contribution in [2.45, 2.75) is 32.8 Å². The quantitative estimate of drug-likeness (QED) is 0.476. The van der Waals surface area contributed by atoms with E-state index in [9.17, 15) is 9.59 Å². The summed E-state index contributed by atoms with van der Waals surface area (Å²) >= 11 is 0. The molecule has 0 radical (unpaired) electrons. The van der Waals surface area contributed by atoms with E-state index in [1.54, 1.807) is 0 Å². The summed E-state index contributed by atoms with van der Waals surface area (Å²) in [5, 5.41) is 0. The number of hydrogen-bond donors (Lipinski definition) is 0. The maximum absolute atomic E-state index is 10.6. The molecule has 23 heavy (non-hydrogen) atoms. The Labute approximate surface area is 139 Å². The number of carbonyl (C=O) groups excluding carboxylic acids is 2. The van der Waals surface area contributed by atoms with E-state index in [0.29, 0.717) is 13.2 Å². The molecular weight excluding hydrogens is 298 g/mol. The minimum Gasteiger partial charge on any atom is -0.461 e. The van der Waals surface area contributed by atoms with E-state index in [4.69, 9.17) is 14.2 Å². The lowest BCUT2D eigenvalue weighted by molar-refractivity contribution is -0.141. The van der Waals surface area contributed by atoms with E-state index >= 15 is 0 Å². The Bertz CT molecular complexity index is 360. The lowest BCUT2D eigenvalue weighted by Gasteiger charge is -2.16. The van der Waals surface area contributed by atoms with Gasteiger partial charge in [-0.15, -0.1) is 0 Å². The molecule has 1 rings (SSSR count). The van der Waals surface area contributed by atoms with Crippen LogP contribution < -0.4 is 0 Å². The van der Waals surface area contributed by atoms with Crippen molar-refractivity contribution in [3.63, 3.8) is 0 Å². The monoisotopic (exact) mass is 327 g/mol. The van der Waals surface area contributed by atoms with Gasteiger partial charge in [0.25, 0.3) is 0 Å². The first-order valence-electron chi connectivity index (χ1n) is 7.99. The second-order valence-electron chi connectivity index (χ2n) is 4.87. The number of rotatable bonds is 9. The van der Waals surface area contributed by atoms with E-state index < -0.39 is 0 Å². The summed E-state index contributed by atoms with van der Waals surface area (Å²) in [6, 6.07) is 0. The van der Waals surface area contributed by atoms with Gasteiger partial charge in [-0.05, 0) is 25.9 Å². The molecule has 1 saturated heterocycles. The second kappa shape index (κ2) is 14.0. The topological polar surface area (TPSA) is 65.1 Å². The standard InChI is InChI=1S/C9H17NO2.C8H12O3/c1-4-9(11)12-8-7-10(5-2)6-3;1-2-8(9)11-6-7-4-3-5-10-7/h4H,1,5-8H2,2-3H3;2,7H,1,3-6H2. The molecule has 1 aliphatic heterocycles. The lowest BCUT2D eigenvalue weighted by Crippen LogP contribution is -2.27. The van der Waals surface area contributed by atoms with E-state index in [0.717, 1.165) is 45.2 Å². The predicted octanol–water partition coefficient (Wildman–Crippen LogP) is 1.95. The summed E-state index contributed by atoms with van der Waals surface area (Å²) in [7, 11) is 0. The van der Waals surface area contributed by atoms with Crippen LogP contribution in [-0.4, -0.2) is 62.4 Å². The van der Waals surface area contributed by atoms with Crippen LogP contribution in [0.4, 0.5) is 0 Å². The maximum atomic E-state index is 10.6. The zero-order chi connectivity index (χ0) is 17.5. The molecule has 1 heterocycles. The Morgan fingerprint density at radius 1 is 1.17 bits per heavy atom. The molecule has 1 unspecified atom stereocenters. The van der Waals surface area contributed by atoms with Crippen LogP contribution in [0.3, 0.4) is 0 Å².